The Kier molecular flexibility index (Phi) is 6.09. The molecule has 0 unspecified atom stereocenters. The predicted molar refractivity (Wildman–Crippen MR) is 92.3 cm³/mol. The van der Waals surface area contributed by atoms with Crippen LogP contribution in [0.4, 0.5) is 5.69 Å². The van der Waals surface area contributed by atoms with Crippen LogP contribution in [0.15, 0.2) is 54.6 Å². The highest BCUT2D eigenvalue weighted by Gasteiger charge is 2.12. The number of rotatable bonds is 6. The monoisotopic (exact) mass is 321 g/mol. The van der Waals surface area contributed by atoms with Crippen LogP contribution in [0.3, 0.4) is 0 Å². The molecule has 0 aliphatic heterocycles. The summed E-state index contributed by atoms with van der Waals surface area (Å²) < 4.78 is 0. The lowest BCUT2D eigenvalue weighted by Gasteiger charge is -2.21. The van der Waals surface area contributed by atoms with Gasteiger partial charge in [-0.05, 0) is 29.8 Å². The van der Waals surface area contributed by atoms with E-state index >= 15 is 0 Å². The average molecular weight is 321 g/mol. The van der Waals surface area contributed by atoms with Crippen molar-refractivity contribution < 1.29 is 9.59 Å². The van der Waals surface area contributed by atoms with Crippen molar-refractivity contribution in [1.82, 2.24) is 5.32 Å². The number of amides is 2. The molecule has 0 bridgehead atoms. The summed E-state index contributed by atoms with van der Waals surface area (Å²) in [5.41, 5.74) is 2.20. The highest BCUT2D eigenvalue weighted by molar-refractivity contribution is 5.91. The molecule has 0 heterocycles. The largest absolute Gasteiger partial charge is 0.354 e. The van der Waals surface area contributed by atoms with Crippen LogP contribution in [0.1, 0.15) is 18.1 Å². The first kappa shape index (κ1) is 17.2. The van der Waals surface area contributed by atoms with Crippen LogP contribution in [-0.4, -0.2) is 24.9 Å². The molecule has 0 saturated heterocycles. The van der Waals surface area contributed by atoms with Crippen LogP contribution in [0.2, 0.25) is 0 Å². The average Bonchev–Trinajstić information content (AvgIpc) is 2.59. The molecule has 0 spiro atoms. The van der Waals surface area contributed by atoms with Gasteiger partial charge in [0.05, 0.1) is 18.1 Å². The van der Waals surface area contributed by atoms with Crippen molar-refractivity contribution >= 4 is 17.5 Å². The number of nitriles is 1. The maximum Gasteiger partial charge on any atom is 0.224 e. The lowest BCUT2D eigenvalue weighted by Crippen LogP contribution is -2.38. The van der Waals surface area contributed by atoms with E-state index in [1.165, 1.54) is 6.92 Å². The smallest absolute Gasteiger partial charge is 0.224 e. The summed E-state index contributed by atoms with van der Waals surface area (Å²) in [5.74, 6) is -0.193. The molecule has 5 nitrogen and oxygen atoms in total. The molecule has 0 aliphatic rings. The fourth-order valence-electron chi connectivity index (χ4n) is 2.34. The van der Waals surface area contributed by atoms with E-state index in [0.29, 0.717) is 30.8 Å². The second kappa shape index (κ2) is 8.49. The van der Waals surface area contributed by atoms with Crippen LogP contribution in [0.5, 0.6) is 0 Å². The molecule has 0 aliphatic carbocycles. The van der Waals surface area contributed by atoms with Gasteiger partial charge < -0.3 is 10.2 Å². The number of benzene rings is 2. The predicted octanol–water partition coefficient (Wildman–Crippen LogP) is 2.27. The number of nitrogens with one attached hydrogen (secondary N) is 1. The van der Waals surface area contributed by atoms with Crippen LogP contribution in [0, 0.1) is 11.3 Å². The van der Waals surface area contributed by atoms with E-state index in [4.69, 9.17) is 5.26 Å². The first-order valence-electron chi connectivity index (χ1n) is 7.69. The number of hydrogen-bond acceptors (Lipinski definition) is 3. The number of nitrogens with zero attached hydrogens (tertiary/aromatic N) is 2. The zero-order valence-electron chi connectivity index (χ0n) is 13.5. The number of anilines is 1. The highest BCUT2D eigenvalue weighted by atomic mass is 16.2. The summed E-state index contributed by atoms with van der Waals surface area (Å²) in [4.78, 5) is 25.3. The van der Waals surface area contributed by atoms with E-state index in [1.54, 1.807) is 29.2 Å². The van der Waals surface area contributed by atoms with E-state index in [0.717, 1.165) is 5.56 Å². The summed E-state index contributed by atoms with van der Waals surface area (Å²) in [6.07, 6.45) is 0.317. The van der Waals surface area contributed by atoms with E-state index in [-0.39, 0.29) is 11.8 Å². The van der Waals surface area contributed by atoms with Crippen LogP contribution in [-0.2, 0) is 16.0 Å². The fourth-order valence-corrected chi connectivity index (χ4v) is 2.34. The van der Waals surface area contributed by atoms with E-state index in [2.05, 4.69) is 5.32 Å². The molecule has 2 rings (SSSR count). The first-order chi connectivity index (χ1) is 11.6. The van der Waals surface area contributed by atoms with Gasteiger partial charge in [-0.1, -0.05) is 30.3 Å². The molecule has 0 atom stereocenters. The number of hydrogen-bond donors (Lipinski definition) is 1. The molecule has 0 aromatic heterocycles. The Bertz CT molecular complexity index is 733. The van der Waals surface area contributed by atoms with E-state index < -0.39 is 0 Å². The molecule has 2 amide bonds. The van der Waals surface area contributed by atoms with Gasteiger partial charge in [-0.25, -0.2) is 0 Å². The van der Waals surface area contributed by atoms with Gasteiger partial charge in [0, 0.05) is 25.7 Å². The minimum Gasteiger partial charge on any atom is -0.354 e. The zero-order valence-corrected chi connectivity index (χ0v) is 13.5. The highest BCUT2D eigenvalue weighted by Crippen LogP contribution is 2.15. The summed E-state index contributed by atoms with van der Waals surface area (Å²) in [6, 6.07) is 18.3. The Morgan fingerprint density at radius 3 is 2.33 bits per heavy atom. The van der Waals surface area contributed by atoms with Crippen molar-refractivity contribution in [2.45, 2.75) is 13.3 Å². The van der Waals surface area contributed by atoms with Gasteiger partial charge in [0.15, 0.2) is 0 Å². The Hall–Kier alpha value is -3.13. The molecule has 2 aromatic rings. The molecule has 1 N–H and O–H groups in total. The Morgan fingerprint density at radius 2 is 1.75 bits per heavy atom. The van der Waals surface area contributed by atoms with Crippen LogP contribution < -0.4 is 10.2 Å². The Labute approximate surface area is 141 Å². The van der Waals surface area contributed by atoms with Gasteiger partial charge in [-0.2, -0.15) is 5.26 Å². The van der Waals surface area contributed by atoms with Gasteiger partial charge in [0.25, 0.3) is 0 Å². The topological polar surface area (TPSA) is 73.2 Å². The number of carbonyl (C=O) groups is 2. The van der Waals surface area contributed by atoms with Gasteiger partial charge in [0.1, 0.15) is 0 Å². The van der Waals surface area contributed by atoms with Gasteiger partial charge in [0.2, 0.25) is 11.8 Å². The van der Waals surface area contributed by atoms with Gasteiger partial charge in [-0.15, -0.1) is 0 Å². The molecular weight excluding hydrogens is 302 g/mol. The molecular formula is C19H19N3O2. The first-order valence-corrected chi connectivity index (χ1v) is 7.69. The van der Waals surface area contributed by atoms with Gasteiger partial charge in [-0.3, -0.25) is 9.59 Å². The summed E-state index contributed by atoms with van der Waals surface area (Å²) in [7, 11) is 0. The molecule has 0 fully saturated rings. The second-order valence-electron chi connectivity index (χ2n) is 5.34. The third-order valence-corrected chi connectivity index (χ3v) is 3.55. The van der Waals surface area contributed by atoms with Crippen molar-refractivity contribution in [3.05, 3.63) is 65.7 Å². The fraction of sp³-hybridized carbons (Fsp3) is 0.211. The SMILES string of the molecule is CC(=O)N(CCNC(=O)Cc1ccccc1)c1ccc(C#N)cc1. The maximum absolute atomic E-state index is 11.9. The molecule has 122 valence electrons. The molecule has 0 radical (unpaired) electrons. The quantitative estimate of drug-likeness (QED) is 0.887. The summed E-state index contributed by atoms with van der Waals surface area (Å²) >= 11 is 0. The van der Waals surface area contributed by atoms with E-state index in [9.17, 15) is 9.59 Å². The van der Waals surface area contributed by atoms with Crippen molar-refractivity contribution in [3.8, 4) is 6.07 Å². The minimum atomic E-state index is -0.114. The minimum absolute atomic E-state index is 0.0791. The molecule has 5 heteroatoms. The third-order valence-electron chi connectivity index (χ3n) is 3.55. The summed E-state index contributed by atoms with van der Waals surface area (Å²) in [6.45, 7) is 2.22. The normalized spacial score (nSPS) is 9.83. The second-order valence-corrected chi connectivity index (χ2v) is 5.34. The van der Waals surface area contributed by atoms with Crippen molar-refractivity contribution in [2.24, 2.45) is 0 Å². The Balaban J connectivity index is 1.88. The standard InChI is InChI=1S/C19H19N3O2/c1-15(23)22(18-9-7-17(14-20)8-10-18)12-11-21-19(24)13-16-5-3-2-4-6-16/h2-10H,11-13H2,1H3,(H,21,24). The zero-order chi connectivity index (χ0) is 17.4. The van der Waals surface area contributed by atoms with E-state index in [1.807, 2.05) is 36.4 Å². The lowest BCUT2D eigenvalue weighted by molar-refractivity contribution is -0.121. The van der Waals surface area contributed by atoms with Crippen molar-refractivity contribution in [3.63, 3.8) is 0 Å². The lowest BCUT2D eigenvalue weighted by atomic mass is 10.1. The number of carbonyl (C=O) groups excluding carboxylic acids is 2. The molecule has 24 heavy (non-hydrogen) atoms. The van der Waals surface area contributed by atoms with Crippen molar-refractivity contribution in [2.75, 3.05) is 18.0 Å². The summed E-state index contributed by atoms with van der Waals surface area (Å²) in [5, 5.41) is 11.6. The molecule has 2 aromatic carbocycles. The molecule has 0 saturated carbocycles. The maximum atomic E-state index is 11.9. The van der Waals surface area contributed by atoms with Crippen LogP contribution >= 0.6 is 0 Å². The Morgan fingerprint density at radius 1 is 1.08 bits per heavy atom. The van der Waals surface area contributed by atoms with Gasteiger partial charge >= 0.3 is 0 Å². The third kappa shape index (κ3) is 4.96. The van der Waals surface area contributed by atoms with Crippen molar-refractivity contribution in [1.29, 1.82) is 5.26 Å². The van der Waals surface area contributed by atoms with Crippen LogP contribution in [0.25, 0.3) is 0 Å².